The lowest BCUT2D eigenvalue weighted by Crippen LogP contribution is -2.30. The molecule has 2 unspecified atom stereocenters. The second-order valence-electron chi connectivity index (χ2n) is 5.54. The van der Waals surface area contributed by atoms with Gasteiger partial charge in [0.1, 0.15) is 0 Å². The van der Waals surface area contributed by atoms with Crippen molar-refractivity contribution >= 4 is 33.5 Å². The van der Waals surface area contributed by atoms with Crippen molar-refractivity contribution in [1.82, 2.24) is 0 Å². The quantitative estimate of drug-likeness (QED) is 0.719. The molecule has 2 atom stereocenters. The van der Waals surface area contributed by atoms with Crippen LogP contribution in [0.3, 0.4) is 0 Å². The molecule has 1 amide bonds. The molecule has 128 valence electrons. The molecule has 1 N–H and O–H groups in total. The summed E-state index contributed by atoms with van der Waals surface area (Å²) in [6.07, 6.45) is 0.0245. The summed E-state index contributed by atoms with van der Waals surface area (Å²) in [6.45, 7) is 5.72. The molecule has 1 aromatic carbocycles. The molecule has 0 radical (unpaired) electrons. The molecule has 0 bridgehead atoms. The van der Waals surface area contributed by atoms with Gasteiger partial charge in [0.2, 0.25) is 5.76 Å². The Balaban J connectivity index is 2.03. The highest BCUT2D eigenvalue weighted by molar-refractivity contribution is 9.10. The second-order valence-corrected chi connectivity index (χ2v) is 6.32. The van der Waals surface area contributed by atoms with Crippen LogP contribution in [0.1, 0.15) is 49.2 Å². The lowest BCUT2D eigenvalue weighted by molar-refractivity contribution is -0.123. The Bertz CT molecular complexity index is 725. The van der Waals surface area contributed by atoms with E-state index in [0.29, 0.717) is 10.6 Å². The number of rotatable bonds is 6. The minimum absolute atomic E-state index is 0.0431. The normalized spacial score (nSPS) is 13.2. The van der Waals surface area contributed by atoms with Gasteiger partial charge in [-0.15, -0.1) is 0 Å². The first-order valence-corrected chi connectivity index (χ1v) is 8.57. The predicted octanol–water partition coefficient (Wildman–Crippen LogP) is 4.74. The molecule has 1 heterocycles. The van der Waals surface area contributed by atoms with E-state index in [0.717, 1.165) is 17.7 Å². The van der Waals surface area contributed by atoms with Crippen LogP contribution in [0.5, 0.6) is 0 Å². The standard InChI is InChI=1S/C18H20BrNO4/c1-4-11(2)13-7-5-6-8-14(13)20-17(21)12(3)23-18(22)15-9-10-16(19)24-15/h5-12H,4H2,1-3H3,(H,20,21). The topological polar surface area (TPSA) is 68.5 Å². The Morgan fingerprint density at radius 3 is 2.54 bits per heavy atom. The van der Waals surface area contributed by atoms with Crippen LogP contribution in [0.15, 0.2) is 45.5 Å². The van der Waals surface area contributed by atoms with Gasteiger partial charge in [-0.25, -0.2) is 4.79 Å². The Morgan fingerprint density at radius 1 is 1.21 bits per heavy atom. The highest BCUT2D eigenvalue weighted by atomic mass is 79.9. The zero-order chi connectivity index (χ0) is 17.7. The zero-order valence-corrected chi connectivity index (χ0v) is 15.4. The van der Waals surface area contributed by atoms with Crippen LogP contribution < -0.4 is 5.32 Å². The number of ether oxygens (including phenoxy) is 1. The summed E-state index contributed by atoms with van der Waals surface area (Å²) in [5.74, 6) is -0.704. The van der Waals surface area contributed by atoms with Gasteiger partial charge in [-0.3, -0.25) is 4.79 Å². The predicted molar refractivity (Wildman–Crippen MR) is 95.1 cm³/mol. The number of furan rings is 1. The number of nitrogens with one attached hydrogen (secondary N) is 1. The van der Waals surface area contributed by atoms with E-state index in [4.69, 9.17) is 9.15 Å². The fourth-order valence-electron chi connectivity index (χ4n) is 2.19. The summed E-state index contributed by atoms with van der Waals surface area (Å²) in [5, 5.41) is 2.83. The van der Waals surface area contributed by atoms with E-state index < -0.39 is 12.1 Å². The number of benzene rings is 1. The molecular weight excluding hydrogens is 374 g/mol. The lowest BCUT2D eigenvalue weighted by Gasteiger charge is -2.17. The number of hydrogen-bond acceptors (Lipinski definition) is 4. The Kier molecular flexibility index (Phi) is 6.20. The van der Waals surface area contributed by atoms with E-state index in [1.54, 1.807) is 6.07 Å². The number of carbonyl (C=O) groups excluding carboxylic acids is 2. The van der Waals surface area contributed by atoms with Gasteiger partial charge in [0.25, 0.3) is 5.91 Å². The van der Waals surface area contributed by atoms with Gasteiger partial charge < -0.3 is 14.5 Å². The first-order valence-electron chi connectivity index (χ1n) is 7.78. The molecule has 0 aliphatic carbocycles. The summed E-state index contributed by atoms with van der Waals surface area (Å²) in [7, 11) is 0. The summed E-state index contributed by atoms with van der Waals surface area (Å²) < 4.78 is 10.7. The monoisotopic (exact) mass is 393 g/mol. The van der Waals surface area contributed by atoms with Crippen molar-refractivity contribution in [2.45, 2.75) is 39.2 Å². The van der Waals surface area contributed by atoms with Gasteiger partial charge in [0.15, 0.2) is 10.8 Å². The molecule has 5 nitrogen and oxygen atoms in total. The molecule has 0 spiro atoms. The number of para-hydroxylation sites is 1. The van der Waals surface area contributed by atoms with Crippen LogP contribution >= 0.6 is 15.9 Å². The number of amides is 1. The van der Waals surface area contributed by atoms with Crippen LogP contribution in [0.4, 0.5) is 5.69 Å². The molecule has 2 rings (SSSR count). The fraction of sp³-hybridized carbons (Fsp3) is 0.333. The average molecular weight is 394 g/mol. The number of halogens is 1. The first kappa shape index (κ1) is 18.3. The highest BCUT2D eigenvalue weighted by Crippen LogP contribution is 2.26. The molecule has 0 fully saturated rings. The molecule has 0 aliphatic rings. The summed E-state index contributed by atoms with van der Waals surface area (Å²) in [6, 6.07) is 10.7. The SMILES string of the molecule is CCC(C)c1ccccc1NC(=O)C(C)OC(=O)c1ccc(Br)o1. The van der Waals surface area contributed by atoms with Crippen molar-refractivity contribution < 1.29 is 18.7 Å². The molecule has 1 aromatic heterocycles. The highest BCUT2D eigenvalue weighted by Gasteiger charge is 2.22. The van der Waals surface area contributed by atoms with Gasteiger partial charge >= 0.3 is 5.97 Å². The molecular formula is C18H20BrNO4. The van der Waals surface area contributed by atoms with E-state index >= 15 is 0 Å². The summed E-state index contributed by atoms with van der Waals surface area (Å²) in [4.78, 5) is 24.2. The smallest absolute Gasteiger partial charge is 0.375 e. The van der Waals surface area contributed by atoms with Crippen molar-refractivity contribution in [3.8, 4) is 0 Å². The number of esters is 1. The third-order valence-corrected chi connectivity index (χ3v) is 4.22. The minimum atomic E-state index is -0.939. The number of hydrogen-bond donors (Lipinski definition) is 1. The van der Waals surface area contributed by atoms with Crippen molar-refractivity contribution in [3.05, 3.63) is 52.4 Å². The van der Waals surface area contributed by atoms with Gasteiger partial charge in [-0.1, -0.05) is 32.0 Å². The van der Waals surface area contributed by atoms with E-state index in [1.807, 2.05) is 24.3 Å². The third-order valence-electron chi connectivity index (χ3n) is 3.79. The average Bonchev–Trinajstić information content (AvgIpc) is 3.01. The maximum absolute atomic E-state index is 12.3. The summed E-state index contributed by atoms with van der Waals surface area (Å²) in [5.41, 5.74) is 1.79. The van der Waals surface area contributed by atoms with Crippen LogP contribution in [-0.2, 0) is 9.53 Å². The maximum atomic E-state index is 12.3. The Hall–Kier alpha value is -2.08. The van der Waals surface area contributed by atoms with E-state index in [1.165, 1.54) is 13.0 Å². The number of carbonyl (C=O) groups is 2. The maximum Gasteiger partial charge on any atom is 0.375 e. The van der Waals surface area contributed by atoms with Gasteiger partial charge in [0, 0.05) is 5.69 Å². The van der Waals surface area contributed by atoms with Crippen LogP contribution in [-0.4, -0.2) is 18.0 Å². The number of anilines is 1. The molecule has 0 aliphatic heterocycles. The Labute approximate surface area is 149 Å². The first-order chi connectivity index (χ1) is 11.4. The second kappa shape index (κ2) is 8.15. The van der Waals surface area contributed by atoms with Crippen molar-refractivity contribution in [2.75, 3.05) is 5.32 Å². The summed E-state index contributed by atoms with van der Waals surface area (Å²) >= 11 is 3.11. The van der Waals surface area contributed by atoms with Gasteiger partial charge in [0.05, 0.1) is 0 Å². The minimum Gasteiger partial charge on any atom is -0.447 e. The van der Waals surface area contributed by atoms with Crippen molar-refractivity contribution in [2.24, 2.45) is 0 Å². The molecule has 0 saturated heterocycles. The Morgan fingerprint density at radius 2 is 1.92 bits per heavy atom. The van der Waals surface area contributed by atoms with E-state index in [2.05, 4.69) is 35.1 Å². The van der Waals surface area contributed by atoms with Gasteiger partial charge in [-0.2, -0.15) is 0 Å². The molecule has 24 heavy (non-hydrogen) atoms. The van der Waals surface area contributed by atoms with Gasteiger partial charge in [-0.05, 0) is 59.0 Å². The largest absolute Gasteiger partial charge is 0.447 e. The van der Waals surface area contributed by atoms with Crippen LogP contribution in [0.25, 0.3) is 0 Å². The van der Waals surface area contributed by atoms with Crippen LogP contribution in [0, 0.1) is 0 Å². The van der Waals surface area contributed by atoms with Crippen LogP contribution in [0.2, 0.25) is 0 Å². The zero-order valence-electron chi connectivity index (χ0n) is 13.8. The van der Waals surface area contributed by atoms with Crippen molar-refractivity contribution in [1.29, 1.82) is 0 Å². The fourth-order valence-corrected chi connectivity index (χ4v) is 2.50. The van der Waals surface area contributed by atoms with E-state index in [-0.39, 0.29) is 11.7 Å². The van der Waals surface area contributed by atoms with Crippen molar-refractivity contribution in [3.63, 3.8) is 0 Å². The van der Waals surface area contributed by atoms with E-state index in [9.17, 15) is 9.59 Å². The molecule has 2 aromatic rings. The molecule has 6 heteroatoms. The lowest BCUT2D eigenvalue weighted by atomic mass is 9.97. The molecule has 0 saturated carbocycles. The third kappa shape index (κ3) is 4.47.